The van der Waals surface area contributed by atoms with Crippen molar-refractivity contribution in [3.63, 3.8) is 0 Å². The maximum Gasteiger partial charge on any atom is 0.141 e. The van der Waals surface area contributed by atoms with E-state index in [0.29, 0.717) is 22.4 Å². The van der Waals surface area contributed by atoms with Gasteiger partial charge in [-0.15, -0.1) is 0 Å². The highest BCUT2D eigenvalue weighted by molar-refractivity contribution is 9.10. The summed E-state index contributed by atoms with van der Waals surface area (Å²) in [5.41, 5.74) is 2.74. The Bertz CT molecular complexity index is 808. The summed E-state index contributed by atoms with van der Waals surface area (Å²) in [7, 11) is 0. The maximum atomic E-state index is 14.3. The minimum atomic E-state index is -0.203. The van der Waals surface area contributed by atoms with E-state index >= 15 is 0 Å². The van der Waals surface area contributed by atoms with Crippen LogP contribution in [0.5, 0.6) is 0 Å². The third-order valence-electron chi connectivity index (χ3n) is 3.66. The number of nitrogens with zero attached hydrogens (tertiary/aromatic N) is 2. The Labute approximate surface area is 138 Å². The van der Waals surface area contributed by atoms with Gasteiger partial charge in [-0.05, 0) is 45.6 Å². The molecule has 0 bridgehead atoms. The van der Waals surface area contributed by atoms with Crippen LogP contribution < -0.4 is 0 Å². The third kappa shape index (κ3) is 2.93. The van der Waals surface area contributed by atoms with Crippen molar-refractivity contribution in [2.24, 2.45) is 5.92 Å². The molecule has 4 heteroatoms. The van der Waals surface area contributed by atoms with E-state index in [0.717, 1.165) is 23.4 Å². The highest BCUT2D eigenvalue weighted by atomic mass is 79.9. The SMILES string of the molecule is CC(C)Cn1c(Cc2cccc(Br)c2F)nc2ccccc21. The number of para-hydroxylation sites is 2. The summed E-state index contributed by atoms with van der Waals surface area (Å²) in [5.74, 6) is 1.21. The first-order chi connectivity index (χ1) is 10.6. The van der Waals surface area contributed by atoms with Gasteiger partial charge in [0, 0.05) is 13.0 Å². The van der Waals surface area contributed by atoms with Crippen LogP contribution in [0.4, 0.5) is 4.39 Å². The van der Waals surface area contributed by atoms with Crippen LogP contribution >= 0.6 is 15.9 Å². The molecule has 0 amide bonds. The predicted octanol–water partition coefficient (Wildman–Crippen LogP) is 5.18. The molecule has 0 saturated heterocycles. The molecule has 0 atom stereocenters. The van der Waals surface area contributed by atoms with Gasteiger partial charge in [0.15, 0.2) is 0 Å². The molecule has 0 N–H and O–H groups in total. The van der Waals surface area contributed by atoms with Gasteiger partial charge in [-0.1, -0.05) is 38.1 Å². The van der Waals surface area contributed by atoms with Gasteiger partial charge in [0.05, 0.1) is 15.5 Å². The fourth-order valence-corrected chi connectivity index (χ4v) is 3.09. The van der Waals surface area contributed by atoms with Gasteiger partial charge in [0.1, 0.15) is 11.6 Å². The number of hydrogen-bond donors (Lipinski definition) is 0. The van der Waals surface area contributed by atoms with Crippen molar-refractivity contribution >= 4 is 27.0 Å². The number of imidazole rings is 1. The van der Waals surface area contributed by atoms with Crippen molar-refractivity contribution in [1.82, 2.24) is 9.55 Å². The Morgan fingerprint density at radius 2 is 1.91 bits per heavy atom. The summed E-state index contributed by atoms with van der Waals surface area (Å²) >= 11 is 3.25. The molecule has 3 rings (SSSR count). The molecule has 22 heavy (non-hydrogen) atoms. The summed E-state index contributed by atoms with van der Waals surface area (Å²) in [6.45, 7) is 5.24. The minimum Gasteiger partial charge on any atom is -0.327 e. The van der Waals surface area contributed by atoms with E-state index in [2.05, 4.69) is 40.4 Å². The number of aromatic nitrogens is 2. The predicted molar refractivity (Wildman–Crippen MR) is 91.5 cm³/mol. The van der Waals surface area contributed by atoms with Crippen molar-refractivity contribution < 1.29 is 4.39 Å². The maximum absolute atomic E-state index is 14.3. The van der Waals surface area contributed by atoms with E-state index < -0.39 is 0 Å². The van der Waals surface area contributed by atoms with E-state index in [9.17, 15) is 4.39 Å². The van der Waals surface area contributed by atoms with Gasteiger partial charge < -0.3 is 4.57 Å². The Balaban J connectivity index is 2.07. The molecule has 0 saturated carbocycles. The van der Waals surface area contributed by atoms with E-state index in [-0.39, 0.29) is 5.82 Å². The quantitative estimate of drug-likeness (QED) is 0.626. The normalized spacial score (nSPS) is 11.5. The molecule has 2 nitrogen and oxygen atoms in total. The first-order valence-corrected chi connectivity index (χ1v) is 8.22. The van der Waals surface area contributed by atoms with Crippen molar-refractivity contribution in [2.45, 2.75) is 26.8 Å². The highest BCUT2D eigenvalue weighted by Crippen LogP contribution is 2.24. The second-order valence-corrected chi connectivity index (χ2v) is 6.77. The zero-order valence-corrected chi connectivity index (χ0v) is 14.3. The second-order valence-electron chi connectivity index (χ2n) is 5.91. The lowest BCUT2D eigenvalue weighted by Gasteiger charge is -2.12. The molecule has 0 aliphatic carbocycles. The van der Waals surface area contributed by atoms with Crippen LogP contribution in [0.1, 0.15) is 25.2 Å². The van der Waals surface area contributed by atoms with Gasteiger partial charge in [-0.3, -0.25) is 0 Å². The summed E-state index contributed by atoms with van der Waals surface area (Å²) in [5, 5.41) is 0. The van der Waals surface area contributed by atoms with Gasteiger partial charge in [0.25, 0.3) is 0 Å². The minimum absolute atomic E-state index is 0.203. The van der Waals surface area contributed by atoms with Gasteiger partial charge in [-0.25, -0.2) is 9.37 Å². The lowest BCUT2D eigenvalue weighted by molar-refractivity contribution is 0.518. The zero-order valence-electron chi connectivity index (χ0n) is 12.7. The standard InChI is InChI=1S/C18H18BrFN2/c1-12(2)11-22-16-9-4-3-8-15(16)21-17(22)10-13-6-5-7-14(19)18(13)20/h3-9,12H,10-11H2,1-2H3. The van der Waals surface area contributed by atoms with Gasteiger partial charge in [0.2, 0.25) is 0 Å². The fraction of sp³-hybridized carbons (Fsp3) is 0.278. The van der Waals surface area contributed by atoms with Crippen LogP contribution in [0.2, 0.25) is 0 Å². The molecule has 0 aliphatic rings. The van der Waals surface area contributed by atoms with Crippen molar-refractivity contribution in [2.75, 3.05) is 0 Å². The monoisotopic (exact) mass is 360 g/mol. The number of benzene rings is 2. The summed E-state index contributed by atoms with van der Waals surface area (Å²) < 4.78 is 17.0. The lowest BCUT2D eigenvalue weighted by atomic mass is 10.1. The van der Waals surface area contributed by atoms with Crippen LogP contribution in [-0.2, 0) is 13.0 Å². The van der Waals surface area contributed by atoms with Crippen LogP contribution in [-0.4, -0.2) is 9.55 Å². The average Bonchev–Trinajstić information content (AvgIpc) is 2.81. The Morgan fingerprint density at radius 1 is 1.14 bits per heavy atom. The number of hydrogen-bond acceptors (Lipinski definition) is 1. The molecule has 0 fully saturated rings. The third-order valence-corrected chi connectivity index (χ3v) is 4.27. The van der Waals surface area contributed by atoms with Crippen molar-refractivity contribution in [1.29, 1.82) is 0 Å². The van der Waals surface area contributed by atoms with E-state index in [1.807, 2.05) is 30.3 Å². The number of fused-ring (bicyclic) bond motifs is 1. The molecule has 0 aliphatic heterocycles. The Hall–Kier alpha value is -1.68. The van der Waals surface area contributed by atoms with Crippen molar-refractivity contribution in [3.8, 4) is 0 Å². The molecular formula is C18H18BrFN2. The van der Waals surface area contributed by atoms with Crippen LogP contribution in [0.25, 0.3) is 11.0 Å². The summed E-state index contributed by atoms with van der Waals surface area (Å²) in [6, 6.07) is 13.5. The zero-order chi connectivity index (χ0) is 15.7. The molecule has 3 aromatic rings. The molecule has 0 unspecified atom stereocenters. The van der Waals surface area contributed by atoms with E-state index in [1.165, 1.54) is 0 Å². The average molecular weight is 361 g/mol. The molecule has 1 heterocycles. The molecular weight excluding hydrogens is 343 g/mol. The first kappa shape index (κ1) is 15.2. The Kier molecular flexibility index (Phi) is 4.30. The largest absolute Gasteiger partial charge is 0.327 e. The van der Waals surface area contributed by atoms with Gasteiger partial charge >= 0.3 is 0 Å². The second kappa shape index (κ2) is 6.21. The smallest absolute Gasteiger partial charge is 0.141 e. The molecule has 0 radical (unpaired) electrons. The molecule has 1 aromatic heterocycles. The van der Waals surface area contributed by atoms with E-state index in [1.54, 1.807) is 6.07 Å². The van der Waals surface area contributed by atoms with Crippen LogP contribution in [0.15, 0.2) is 46.9 Å². The molecule has 114 valence electrons. The molecule has 0 spiro atoms. The highest BCUT2D eigenvalue weighted by Gasteiger charge is 2.14. The Morgan fingerprint density at radius 3 is 2.68 bits per heavy atom. The number of rotatable bonds is 4. The first-order valence-electron chi connectivity index (χ1n) is 7.43. The fourth-order valence-electron chi connectivity index (χ4n) is 2.68. The van der Waals surface area contributed by atoms with Crippen LogP contribution in [0.3, 0.4) is 0 Å². The summed E-state index contributed by atoms with van der Waals surface area (Å²) in [4.78, 5) is 4.71. The van der Waals surface area contributed by atoms with Gasteiger partial charge in [-0.2, -0.15) is 0 Å². The van der Waals surface area contributed by atoms with E-state index in [4.69, 9.17) is 4.98 Å². The number of halogens is 2. The van der Waals surface area contributed by atoms with Crippen LogP contribution in [0, 0.1) is 11.7 Å². The molecule has 2 aromatic carbocycles. The topological polar surface area (TPSA) is 17.8 Å². The lowest BCUT2D eigenvalue weighted by Crippen LogP contribution is -2.09. The van der Waals surface area contributed by atoms with Crippen molar-refractivity contribution in [3.05, 3.63) is 64.1 Å². The summed E-state index contributed by atoms with van der Waals surface area (Å²) in [6.07, 6.45) is 0.493.